The molecule has 0 fully saturated rings. The largest absolute Gasteiger partial charge is 0.465 e. The molecule has 2 N–H and O–H groups in total. The number of benzene rings is 1. The van der Waals surface area contributed by atoms with Gasteiger partial charge in [-0.15, -0.1) is 0 Å². The van der Waals surface area contributed by atoms with Gasteiger partial charge in [0.25, 0.3) is 0 Å². The Kier molecular flexibility index (Phi) is 4.03. The average Bonchev–Trinajstić information content (AvgIpc) is 2.35. The fourth-order valence-electron chi connectivity index (χ4n) is 1.69. The van der Waals surface area contributed by atoms with Gasteiger partial charge in [0.05, 0.1) is 18.2 Å². The lowest BCUT2D eigenvalue weighted by Gasteiger charge is -2.10. The summed E-state index contributed by atoms with van der Waals surface area (Å²) < 4.78 is 4.63. The summed E-state index contributed by atoms with van der Waals surface area (Å²) in [5.41, 5.74) is 7.98. The first-order valence-electron chi connectivity index (χ1n) is 5.02. The summed E-state index contributed by atoms with van der Waals surface area (Å²) in [6, 6.07) is 5.41. The normalized spacial score (nSPS) is 9.62. The van der Waals surface area contributed by atoms with E-state index in [1.807, 2.05) is 13.0 Å². The first kappa shape index (κ1) is 12.2. The van der Waals surface area contributed by atoms with Crippen LogP contribution in [-0.4, -0.2) is 13.1 Å². The van der Waals surface area contributed by atoms with Crippen molar-refractivity contribution in [2.45, 2.75) is 19.9 Å². The summed E-state index contributed by atoms with van der Waals surface area (Å²) in [7, 11) is 1.30. The molecule has 0 unspecified atom stereocenters. The van der Waals surface area contributed by atoms with Crippen LogP contribution < -0.4 is 5.73 Å². The Balaban J connectivity index is 3.45. The van der Waals surface area contributed by atoms with Crippen LogP contribution in [0, 0.1) is 11.3 Å². The summed E-state index contributed by atoms with van der Waals surface area (Å²) in [5.74, 6) is -0.491. The Morgan fingerprint density at radius 2 is 2.25 bits per heavy atom. The number of carbonyl (C=O) groups is 1. The molecule has 0 saturated heterocycles. The van der Waals surface area contributed by atoms with Crippen LogP contribution >= 0.6 is 0 Å². The molecule has 0 amide bonds. The van der Waals surface area contributed by atoms with Crippen LogP contribution in [0.25, 0.3) is 0 Å². The maximum atomic E-state index is 11.5. The summed E-state index contributed by atoms with van der Waals surface area (Å²) in [4.78, 5) is 11.5. The molecule has 0 aromatic heterocycles. The molecule has 0 aliphatic carbocycles. The van der Waals surface area contributed by atoms with Crippen molar-refractivity contribution < 1.29 is 9.53 Å². The van der Waals surface area contributed by atoms with Crippen molar-refractivity contribution in [1.29, 1.82) is 5.26 Å². The smallest absolute Gasteiger partial charge is 0.339 e. The minimum atomic E-state index is -0.491. The van der Waals surface area contributed by atoms with E-state index in [-0.39, 0.29) is 0 Å². The first-order valence-corrected chi connectivity index (χ1v) is 5.02. The number of nitrogens with zero attached hydrogens (tertiary/aromatic N) is 1. The number of nitrogens with two attached hydrogens (primary N) is 1. The van der Waals surface area contributed by atoms with E-state index < -0.39 is 5.97 Å². The van der Waals surface area contributed by atoms with E-state index in [0.717, 1.165) is 11.1 Å². The maximum absolute atomic E-state index is 11.5. The minimum Gasteiger partial charge on any atom is -0.465 e. The van der Waals surface area contributed by atoms with Crippen molar-refractivity contribution >= 4 is 5.97 Å². The Hall–Kier alpha value is -1.86. The molecule has 1 aromatic carbocycles. The third kappa shape index (κ3) is 2.05. The van der Waals surface area contributed by atoms with Crippen molar-refractivity contribution in [3.63, 3.8) is 0 Å². The molecule has 0 spiro atoms. The summed E-state index contributed by atoms with van der Waals surface area (Å²) >= 11 is 0. The van der Waals surface area contributed by atoms with Crippen LogP contribution in [0.5, 0.6) is 0 Å². The second-order valence-electron chi connectivity index (χ2n) is 3.29. The molecule has 0 aliphatic heterocycles. The lowest BCUT2D eigenvalue weighted by atomic mass is 9.95. The molecule has 4 nitrogen and oxygen atoms in total. The lowest BCUT2D eigenvalue weighted by Crippen LogP contribution is -2.10. The molecule has 1 aromatic rings. The number of hydrogen-bond donors (Lipinski definition) is 1. The molecular formula is C12H14N2O2. The Morgan fingerprint density at radius 3 is 2.69 bits per heavy atom. The van der Waals surface area contributed by atoms with Gasteiger partial charge in [-0.1, -0.05) is 13.0 Å². The van der Waals surface area contributed by atoms with Gasteiger partial charge in [0.2, 0.25) is 0 Å². The van der Waals surface area contributed by atoms with E-state index in [0.29, 0.717) is 24.1 Å². The zero-order valence-corrected chi connectivity index (χ0v) is 9.41. The quantitative estimate of drug-likeness (QED) is 0.777. The van der Waals surface area contributed by atoms with Crippen LogP contribution in [-0.2, 0) is 17.7 Å². The van der Waals surface area contributed by atoms with Gasteiger partial charge in [0.15, 0.2) is 0 Å². The number of methoxy groups -OCH3 is 1. The number of esters is 1. The zero-order chi connectivity index (χ0) is 12.1. The zero-order valence-electron chi connectivity index (χ0n) is 9.41. The van der Waals surface area contributed by atoms with Crippen molar-refractivity contribution in [3.05, 3.63) is 34.4 Å². The van der Waals surface area contributed by atoms with Crippen molar-refractivity contribution in [2.24, 2.45) is 5.73 Å². The van der Waals surface area contributed by atoms with Crippen LogP contribution in [0.1, 0.15) is 34.0 Å². The molecule has 0 atom stereocenters. The van der Waals surface area contributed by atoms with Crippen LogP contribution in [0.15, 0.2) is 12.1 Å². The molecule has 1 rings (SSSR count). The third-order valence-electron chi connectivity index (χ3n) is 2.50. The van der Waals surface area contributed by atoms with Gasteiger partial charge in [0.1, 0.15) is 6.07 Å². The molecule has 0 radical (unpaired) electrons. The standard InChI is InChI=1S/C12H14N2O2/c1-3-9-8(6-13)4-5-10(11(9)7-14)12(15)16-2/h4-5H,3,6,13H2,1-2H3. The van der Waals surface area contributed by atoms with E-state index in [4.69, 9.17) is 11.0 Å². The highest BCUT2D eigenvalue weighted by Gasteiger charge is 2.16. The second kappa shape index (κ2) is 5.29. The minimum absolute atomic E-state index is 0.305. The highest BCUT2D eigenvalue weighted by molar-refractivity contribution is 5.92. The summed E-state index contributed by atoms with van der Waals surface area (Å²) in [6.45, 7) is 2.29. The molecule has 0 aliphatic rings. The van der Waals surface area contributed by atoms with Gasteiger partial charge < -0.3 is 10.5 Å². The molecule has 16 heavy (non-hydrogen) atoms. The maximum Gasteiger partial charge on any atom is 0.339 e. The fraction of sp³-hybridized carbons (Fsp3) is 0.333. The van der Waals surface area contributed by atoms with Gasteiger partial charge >= 0.3 is 5.97 Å². The molecule has 0 heterocycles. The molecular weight excluding hydrogens is 204 g/mol. The molecule has 0 bridgehead atoms. The van der Waals surface area contributed by atoms with Crippen molar-refractivity contribution in [2.75, 3.05) is 7.11 Å². The first-order chi connectivity index (χ1) is 7.69. The lowest BCUT2D eigenvalue weighted by molar-refractivity contribution is 0.0600. The number of nitriles is 1. The number of ether oxygens (including phenoxy) is 1. The third-order valence-corrected chi connectivity index (χ3v) is 2.50. The van der Waals surface area contributed by atoms with Crippen LogP contribution in [0.4, 0.5) is 0 Å². The van der Waals surface area contributed by atoms with E-state index in [1.165, 1.54) is 7.11 Å². The Labute approximate surface area is 94.6 Å². The van der Waals surface area contributed by atoms with Crippen molar-refractivity contribution in [1.82, 2.24) is 0 Å². The second-order valence-corrected chi connectivity index (χ2v) is 3.29. The van der Waals surface area contributed by atoms with Crippen LogP contribution in [0.2, 0.25) is 0 Å². The number of rotatable bonds is 3. The van der Waals surface area contributed by atoms with Gasteiger partial charge in [-0.3, -0.25) is 0 Å². The van der Waals surface area contributed by atoms with Crippen LogP contribution in [0.3, 0.4) is 0 Å². The predicted molar refractivity (Wildman–Crippen MR) is 59.8 cm³/mol. The average molecular weight is 218 g/mol. The van der Waals surface area contributed by atoms with Gasteiger partial charge in [-0.05, 0) is 23.6 Å². The topological polar surface area (TPSA) is 76.1 Å². The van der Waals surface area contributed by atoms with E-state index in [9.17, 15) is 4.79 Å². The van der Waals surface area contributed by atoms with E-state index in [1.54, 1.807) is 12.1 Å². The highest BCUT2D eigenvalue weighted by atomic mass is 16.5. The summed E-state index contributed by atoms with van der Waals surface area (Å²) in [5, 5.41) is 9.10. The van der Waals surface area contributed by atoms with Crippen molar-refractivity contribution in [3.8, 4) is 6.07 Å². The fourth-order valence-corrected chi connectivity index (χ4v) is 1.69. The molecule has 84 valence electrons. The molecule has 4 heteroatoms. The van der Waals surface area contributed by atoms with E-state index in [2.05, 4.69) is 4.74 Å². The summed E-state index contributed by atoms with van der Waals surface area (Å²) in [6.07, 6.45) is 0.667. The highest BCUT2D eigenvalue weighted by Crippen LogP contribution is 2.20. The Bertz CT molecular complexity index is 447. The van der Waals surface area contributed by atoms with Gasteiger partial charge in [-0.2, -0.15) is 5.26 Å². The number of hydrogen-bond acceptors (Lipinski definition) is 4. The molecule has 0 saturated carbocycles. The van der Waals surface area contributed by atoms with E-state index >= 15 is 0 Å². The number of carbonyl (C=O) groups excluding carboxylic acids is 1. The Morgan fingerprint density at radius 1 is 1.56 bits per heavy atom. The van der Waals surface area contributed by atoms with Gasteiger partial charge in [-0.25, -0.2) is 4.79 Å². The van der Waals surface area contributed by atoms with Gasteiger partial charge in [0, 0.05) is 6.54 Å². The SMILES string of the molecule is CCc1c(CN)ccc(C(=O)OC)c1C#N. The monoisotopic (exact) mass is 218 g/mol. The predicted octanol–water partition coefficient (Wildman–Crippen LogP) is 1.37.